The summed E-state index contributed by atoms with van der Waals surface area (Å²) in [6, 6.07) is 17.1. The average molecular weight is 404 g/mol. The number of benzene rings is 1. The maximum absolute atomic E-state index is 11.2. The zero-order valence-electron chi connectivity index (χ0n) is 15.8. The van der Waals surface area contributed by atoms with Gasteiger partial charge in [0.25, 0.3) is 0 Å². The summed E-state index contributed by atoms with van der Waals surface area (Å²) in [5.74, 6) is -0.920. The van der Waals surface area contributed by atoms with Crippen LogP contribution in [0, 0.1) is 0 Å². The Balaban J connectivity index is 1.57. The van der Waals surface area contributed by atoms with Crippen molar-refractivity contribution in [2.75, 3.05) is 6.54 Å². The highest BCUT2D eigenvalue weighted by atomic mass is 32.2. The van der Waals surface area contributed by atoms with Crippen LogP contribution in [0.1, 0.15) is 40.8 Å². The molecule has 2 aromatic heterocycles. The molecule has 2 aliphatic heterocycles. The van der Waals surface area contributed by atoms with Crippen molar-refractivity contribution in [3.63, 3.8) is 0 Å². The largest absolute Gasteiger partial charge is 0.478 e. The van der Waals surface area contributed by atoms with Crippen LogP contribution >= 0.6 is 11.8 Å². The first-order valence-corrected chi connectivity index (χ1v) is 10.4. The lowest BCUT2D eigenvalue weighted by atomic mass is 10.0. The third-order valence-corrected chi connectivity index (χ3v) is 6.46. The minimum atomic E-state index is -0.920. The van der Waals surface area contributed by atoms with Gasteiger partial charge < -0.3 is 14.6 Å². The average Bonchev–Trinajstić information content (AvgIpc) is 3.42. The number of carboxylic acid groups (broad SMARTS) is 1. The Morgan fingerprint density at radius 1 is 1.14 bits per heavy atom. The van der Waals surface area contributed by atoms with Gasteiger partial charge >= 0.3 is 5.97 Å². The highest BCUT2D eigenvalue weighted by molar-refractivity contribution is 8.14. The number of fused-ring (bicyclic) bond motifs is 1. The first-order valence-electron chi connectivity index (χ1n) is 9.55. The van der Waals surface area contributed by atoms with E-state index in [-0.39, 0.29) is 17.6 Å². The van der Waals surface area contributed by atoms with Crippen molar-refractivity contribution in [3.8, 4) is 5.69 Å². The lowest BCUT2D eigenvalue weighted by Gasteiger charge is -2.28. The molecule has 1 N–H and O–H groups in total. The molecule has 0 spiro atoms. The smallest absolute Gasteiger partial charge is 0.335 e. The number of carbonyl (C=O) groups is 1. The fourth-order valence-corrected chi connectivity index (χ4v) is 5.17. The highest BCUT2D eigenvalue weighted by Gasteiger charge is 2.44. The SMILES string of the molecule is C[C@H]1CN2C(=N[C@H](c3ccccn3)[C@@H]2c2cccn2-c2ccc(C(=O)O)cc2)S1. The molecule has 2 aliphatic rings. The van der Waals surface area contributed by atoms with Crippen LogP contribution in [0.3, 0.4) is 0 Å². The number of hydrogen-bond donors (Lipinski definition) is 1. The van der Waals surface area contributed by atoms with Gasteiger partial charge in [0.05, 0.1) is 17.3 Å². The van der Waals surface area contributed by atoms with Crippen molar-refractivity contribution < 1.29 is 9.90 Å². The van der Waals surface area contributed by atoms with Crippen molar-refractivity contribution in [2.45, 2.75) is 24.3 Å². The molecule has 1 aromatic carbocycles. The topological polar surface area (TPSA) is 70.7 Å². The van der Waals surface area contributed by atoms with E-state index in [4.69, 9.17) is 4.99 Å². The van der Waals surface area contributed by atoms with E-state index in [1.165, 1.54) is 0 Å². The normalized spacial score (nSPS) is 23.1. The maximum Gasteiger partial charge on any atom is 0.335 e. The zero-order chi connectivity index (χ0) is 20.0. The summed E-state index contributed by atoms with van der Waals surface area (Å²) in [5.41, 5.74) is 3.30. The van der Waals surface area contributed by atoms with Crippen LogP contribution in [0.5, 0.6) is 0 Å². The number of pyridine rings is 1. The van der Waals surface area contributed by atoms with Crippen molar-refractivity contribution in [3.05, 3.63) is 83.9 Å². The van der Waals surface area contributed by atoms with E-state index in [1.807, 2.05) is 60.6 Å². The number of aliphatic imine (C=N–C) groups is 1. The van der Waals surface area contributed by atoms with Crippen molar-refractivity contribution >= 4 is 22.9 Å². The second kappa shape index (κ2) is 7.08. The third-order valence-electron chi connectivity index (χ3n) is 5.36. The lowest BCUT2D eigenvalue weighted by Crippen LogP contribution is -2.30. The molecule has 0 aliphatic carbocycles. The second-order valence-electron chi connectivity index (χ2n) is 7.29. The van der Waals surface area contributed by atoms with Crippen LogP contribution in [-0.4, -0.2) is 42.5 Å². The molecule has 0 bridgehead atoms. The Hall–Kier alpha value is -3.06. The number of aromatic carboxylic acids is 1. The number of hydrogen-bond acceptors (Lipinski definition) is 5. The second-order valence-corrected chi connectivity index (χ2v) is 8.70. The first kappa shape index (κ1) is 18.0. The molecule has 5 rings (SSSR count). The summed E-state index contributed by atoms with van der Waals surface area (Å²) in [7, 11) is 0. The molecule has 3 atom stereocenters. The number of rotatable bonds is 4. The van der Waals surface area contributed by atoms with Gasteiger partial charge in [0.2, 0.25) is 0 Å². The van der Waals surface area contributed by atoms with Gasteiger partial charge in [0, 0.05) is 35.6 Å². The van der Waals surface area contributed by atoms with E-state index < -0.39 is 5.97 Å². The van der Waals surface area contributed by atoms with Gasteiger partial charge in [-0.2, -0.15) is 0 Å². The quantitative estimate of drug-likeness (QED) is 0.707. The summed E-state index contributed by atoms with van der Waals surface area (Å²) < 4.78 is 2.12. The summed E-state index contributed by atoms with van der Waals surface area (Å²) in [6.07, 6.45) is 3.83. The predicted molar refractivity (Wildman–Crippen MR) is 114 cm³/mol. The number of carboxylic acids is 1. The monoisotopic (exact) mass is 404 g/mol. The molecular formula is C22H20N4O2S. The zero-order valence-corrected chi connectivity index (χ0v) is 16.7. The van der Waals surface area contributed by atoms with Gasteiger partial charge in [-0.25, -0.2) is 4.79 Å². The van der Waals surface area contributed by atoms with Crippen molar-refractivity contribution in [2.24, 2.45) is 4.99 Å². The Morgan fingerprint density at radius 2 is 1.97 bits per heavy atom. The lowest BCUT2D eigenvalue weighted by molar-refractivity contribution is 0.0697. The van der Waals surface area contributed by atoms with Gasteiger partial charge in [-0.15, -0.1) is 0 Å². The van der Waals surface area contributed by atoms with E-state index in [1.54, 1.807) is 12.1 Å². The van der Waals surface area contributed by atoms with E-state index in [0.717, 1.165) is 28.8 Å². The molecule has 0 saturated carbocycles. The molecule has 1 saturated heterocycles. The molecule has 0 radical (unpaired) electrons. The van der Waals surface area contributed by atoms with E-state index in [9.17, 15) is 9.90 Å². The molecule has 3 aromatic rings. The van der Waals surface area contributed by atoms with Gasteiger partial charge in [-0.1, -0.05) is 24.8 Å². The fraction of sp³-hybridized carbons (Fsp3) is 0.227. The van der Waals surface area contributed by atoms with Crippen molar-refractivity contribution in [1.29, 1.82) is 0 Å². The van der Waals surface area contributed by atoms with Crippen molar-refractivity contribution in [1.82, 2.24) is 14.5 Å². The molecule has 1 fully saturated rings. The van der Waals surface area contributed by atoms with E-state index in [0.29, 0.717) is 5.25 Å². The van der Waals surface area contributed by atoms with Gasteiger partial charge in [-0.3, -0.25) is 9.98 Å². The van der Waals surface area contributed by atoms with Crippen LogP contribution in [0.15, 0.2) is 72.0 Å². The van der Waals surface area contributed by atoms with Gasteiger partial charge in [-0.05, 0) is 48.5 Å². The molecule has 146 valence electrons. The number of nitrogens with zero attached hydrogens (tertiary/aromatic N) is 4. The maximum atomic E-state index is 11.2. The highest BCUT2D eigenvalue weighted by Crippen LogP contribution is 2.47. The van der Waals surface area contributed by atoms with Gasteiger partial charge in [0.1, 0.15) is 6.04 Å². The van der Waals surface area contributed by atoms with Crippen LogP contribution < -0.4 is 0 Å². The minimum absolute atomic E-state index is 0.0477. The molecule has 7 heteroatoms. The Labute approximate surface area is 172 Å². The standard InChI is InChI=1S/C22H20N4O2S/c1-14-13-26-20(19(24-22(26)29-14)17-5-2-3-11-23-17)18-6-4-12-25(18)16-9-7-15(8-10-16)21(27)28/h2-12,14,19-20H,13H2,1H3,(H,27,28)/t14-,19+,20-/m0/s1. The predicted octanol–water partition coefficient (Wildman–Crippen LogP) is 4.16. The summed E-state index contributed by atoms with van der Waals surface area (Å²) >= 11 is 1.82. The first-order chi connectivity index (χ1) is 14.1. The van der Waals surface area contributed by atoms with Crippen LogP contribution in [-0.2, 0) is 0 Å². The Bertz CT molecular complexity index is 1080. The molecule has 4 heterocycles. The molecule has 0 amide bonds. The fourth-order valence-electron chi connectivity index (χ4n) is 4.07. The number of amidine groups is 1. The summed E-state index contributed by atoms with van der Waals surface area (Å²) in [6.45, 7) is 3.17. The van der Waals surface area contributed by atoms with Gasteiger partial charge in [0.15, 0.2) is 5.17 Å². The summed E-state index contributed by atoms with van der Waals surface area (Å²) in [5, 5.41) is 10.8. The van der Waals surface area contributed by atoms with E-state index >= 15 is 0 Å². The molecule has 0 unspecified atom stereocenters. The summed E-state index contributed by atoms with van der Waals surface area (Å²) in [4.78, 5) is 23.2. The van der Waals surface area contributed by atoms with Crippen LogP contribution in [0.2, 0.25) is 0 Å². The minimum Gasteiger partial charge on any atom is -0.478 e. The number of thioether (sulfide) groups is 1. The molecule has 6 nitrogen and oxygen atoms in total. The third kappa shape index (κ3) is 3.11. The Kier molecular flexibility index (Phi) is 4.39. The van der Waals surface area contributed by atoms with Crippen LogP contribution in [0.25, 0.3) is 5.69 Å². The molecular weight excluding hydrogens is 384 g/mol. The van der Waals surface area contributed by atoms with Crippen LogP contribution in [0.4, 0.5) is 0 Å². The van der Waals surface area contributed by atoms with E-state index in [2.05, 4.69) is 27.4 Å². The number of aromatic nitrogens is 2. The Morgan fingerprint density at radius 3 is 2.69 bits per heavy atom. The molecule has 29 heavy (non-hydrogen) atoms.